The van der Waals surface area contributed by atoms with Crippen LogP contribution < -0.4 is 10.1 Å². The van der Waals surface area contributed by atoms with E-state index in [9.17, 15) is 9.59 Å². The summed E-state index contributed by atoms with van der Waals surface area (Å²) in [5.41, 5.74) is 1.38. The molecule has 0 bridgehead atoms. The Bertz CT molecular complexity index is 1080. The molecule has 1 unspecified atom stereocenters. The van der Waals surface area contributed by atoms with Crippen molar-refractivity contribution in [3.63, 3.8) is 0 Å². The standard InChI is InChI=1S/C22H22N4O4/c1-4-29-17-11-7-15(8-12-17)19-25-24-18(30-19)13-26-20(27)22(3,23-21(26)28)16-9-5-14(2)6-10-16/h5-12H,4,13H2,1-3H3,(H,23,28). The smallest absolute Gasteiger partial charge is 0.325 e. The van der Waals surface area contributed by atoms with Gasteiger partial charge >= 0.3 is 6.03 Å². The number of hydrogen-bond acceptors (Lipinski definition) is 6. The van der Waals surface area contributed by atoms with Gasteiger partial charge in [0.1, 0.15) is 17.8 Å². The largest absolute Gasteiger partial charge is 0.494 e. The van der Waals surface area contributed by atoms with Crippen molar-refractivity contribution in [2.45, 2.75) is 32.9 Å². The molecule has 1 aliphatic rings. The van der Waals surface area contributed by atoms with Crippen LogP contribution in [0.1, 0.15) is 30.9 Å². The second-order valence-electron chi connectivity index (χ2n) is 7.27. The van der Waals surface area contributed by atoms with Gasteiger partial charge in [-0.05, 0) is 50.6 Å². The number of carbonyl (C=O) groups is 2. The number of nitrogens with one attached hydrogen (secondary N) is 1. The number of hydrogen-bond donors (Lipinski definition) is 1. The molecule has 2 heterocycles. The van der Waals surface area contributed by atoms with Crippen molar-refractivity contribution in [1.82, 2.24) is 20.4 Å². The molecule has 8 nitrogen and oxygen atoms in total. The normalized spacial score (nSPS) is 18.6. The monoisotopic (exact) mass is 406 g/mol. The van der Waals surface area contributed by atoms with Crippen LogP contribution in [-0.2, 0) is 16.9 Å². The molecule has 1 aliphatic heterocycles. The minimum absolute atomic E-state index is 0.101. The average molecular weight is 406 g/mol. The zero-order valence-corrected chi connectivity index (χ0v) is 17.0. The van der Waals surface area contributed by atoms with E-state index >= 15 is 0 Å². The summed E-state index contributed by atoms with van der Waals surface area (Å²) in [7, 11) is 0. The van der Waals surface area contributed by atoms with Crippen molar-refractivity contribution in [1.29, 1.82) is 0 Å². The third-order valence-electron chi connectivity index (χ3n) is 5.08. The minimum Gasteiger partial charge on any atom is -0.494 e. The highest BCUT2D eigenvalue weighted by Gasteiger charge is 2.49. The summed E-state index contributed by atoms with van der Waals surface area (Å²) in [6.45, 7) is 6.05. The minimum atomic E-state index is -1.14. The summed E-state index contributed by atoms with van der Waals surface area (Å²) in [5, 5.41) is 10.8. The summed E-state index contributed by atoms with van der Waals surface area (Å²) in [4.78, 5) is 26.6. The van der Waals surface area contributed by atoms with E-state index in [1.54, 1.807) is 6.92 Å². The first-order chi connectivity index (χ1) is 14.4. The quantitative estimate of drug-likeness (QED) is 0.630. The van der Waals surface area contributed by atoms with Crippen molar-refractivity contribution in [3.8, 4) is 17.2 Å². The van der Waals surface area contributed by atoms with Gasteiger partial charge in [0.15, 0.2) is 0 Å². The van der Waals surface area contributed by atoms with Crippen LogP contribution in [0.3, 0.4) is 0 Å². The Morgan fingerprint density at radius 1 is 1.07 bits per heavy atom. The fourth-order valence-electron chi connectivity index (χ4n) is 3.35. The van der Waals surface area contributed by atoms with Gasteiger partial charge in [0, 0.05) is 5.56 Å². The predicted octanol–water partition coefficient (Wildman–Crippen LogP) is 3.41. The molecule has 0 spiro atoms. The fraction of sp³-hybridized carbons (Fsp3) is 0.273. The van der Waals surface area contributed by atoms with Crippen LogP contribution in [0.4, 0.5) is 4.79 Å². The van der Waals surface area contributed by atoms with E-state index in [0.29, 0.717) is 12.5 Å². The number of rotatable bonds is 6. The summed E-state index contributed by atoms with van der Waals surface area (Å²) < 4.78 is 11.1. The lowest BCUT2D eigenvalue weighted by Crippen LogP contribution is -2.40. The fourth-order valence-corrected chi connectivity index (χ4v) is 3.35. The molecule has 1 fully saturated rings. The van der Waals surface area contributed by atoms with Crippen LogP contribution in [0, 0.1) is 6.92 Å². The van der Waals surface area contributed by atoms with Gasteiger partial charge in [0.05, 0.1) is 6.61 Å². The Labute approximate surface area is 173 Å². The van der Waals surface area contributed by atoms with Crippen molar-refractivity contribution < 1.29 is 18.7 Å². The van der Waals surface area contributed by atoms with E-state index in [0.717, 1.165) is 27.3 Å². The summed E-state index contributed by atoms with van der Waals surface area (Å²) in [5.74, 6) is 0.866. The molecule has 2 aromatic carbocycles. The highest BCUT2D eigenvalue weighted by atomic mass is 16.5. The van der Waals surface area contributed by atoms with Crippen molar-refractivity contribution in [2.24, 2.45) is 0 Å². The molecule has 0 aliphatic carbocycles. The molecule has 1 saturated heterocycles. The van der Waals surface area contributed by atoms with Gasteiger partial charge in [-0.25, -0.2) is 4.79 Å². The number of amides is 3. The maximum Gasteiger partial charge on any atom is 0.325 e. The Morgan fingerprint density at radius 2 is 1.77 bits per heavy atom. The van der Waals surface area contributed by atoms with Crippen LogP contribution in [0.25, 0.3) is 11.5 Å². The lowest BCUT2D eigenvalue weighted by molar-refractivity contribution is -0.131. The number of benzene rings is 2. The maximum atomic E-state index is 13.0. The Balaban J connectivity index is 1.51. The molecule has 1 atom stereocenters. The number of aryl methyl sites for hydroxylation is 1. The number of ether oxygens (including phenoxy) is 1. The van der Waals surface area contributed by atoms with E-state index in [2.05, 4.69) is 15.5 Å². The lowest BCUT2D eigenvalue weighted by Gasteiger charge is -2.22. The third kappa shape index (κ3) is 3.52. The van der Waals surface area contributed by atoms with Gasteiger partial charge in [-0.15, -0.1) is 10.2 Å². The molecule has 0 saturated carbocycles. The van der Waals surface area contributed by atoms with E-state index < -0.39 is 11.6 Å². The third-order valence-corrected chi connectivity index (χ3v) is 5.08. The first kappa shape index (κ1) is 19.6. The number of aromatic nitrogens is 2. The molecule has 3 amide bonds. The Kier molecular flexibility index (Phi) is 4.99. The Morgan fingerprint density at radius 3 is 2.43 bits per heavy atom. The van der Waals surface area contributed by atoms with Gasteiger partial charge < -0.3 is 14.5 Å². The summed E-state index contributed by atoms with van der Waals surface area (Å²) in [6, 6.07) is 14.2. The van der Waals surface area contributed by atoms with Gasteiger partial charge in [-0.3, -0.25) is 9.69 Å². The van der Waals surface area contributed by atoms with E-state index in [-0.39, 0.29) is 18.3 Å². The molecule has 4 rings (SSSR count). The first-order valence-corrected chi connectivity index (χ1v) is 9.67. The summed E-state index contributed by atoms with van der Waals surface area (Å²) in [6.07, 6.45) is 0. The van der Waals surface area contributed by atoms with Crippen molar-refractivity contribution >= 4 is 11.9 Å². The van der Waals surface area contributed by atoms with Crippen molar-refractivity contribution in [3.05, 3.63) is 65.5 Å². The van der Waals surface area contributed by atoms with Crippen LogP contribution in [0.5, 0.6) is 5.75 Å². The molecule has 1 aromatic heterocycles. The molecule has 1 N–H and O–H groups in total. The maximum absolute atomic E-state index is 13.0. The molecule has 3 aromatic rings. The SMILES string of the molecule is CCOc1ccc(-c2nnc(CN3C(=O)NC(C)(c4ccc(C)cc4)C3=O)o2)cc1. The van der Waals surface area contributed by atoms with Crippen LogP contribution in [0.15, 0.2) is 52.9 Å². The molecule has 30 heavy (non-hydrogen) atoms. The zero-order valence-electron chi connectivity index (χ0n) is 17.0. The second kappa shape index (κ2) is 7.62. The highest BCUT2D eigenvalue weighted by molar-refractivity contribution is 6.07. The lowest BCUT2D eigenvalue weighted by atomic mass is 9.91. The average Bonchev–Trinajstić information content (AvgIpc) is 3.29. The molecular weight excluding hydrogens is 384 g/mol. The predicted molar refractivity (Wildman–Crippen MR) is 109 cm³/mol. The van der Waals surface area contributed by atoms with E-state index in [4.69, 9.17) is 9.15 Å². The van der Waals surface area contributed by atoms with Crippen LogP contribution >= 0.6 is 0 Å². The number of imide groups is 1. The van der Waals surface area contributed by atoms with Gasteiger partial charge in [0.25, 0.3) is 5.91 Å². The van der Waals surface area contributed by atoms with Crippen molar-refractivity contribution in [2.75, 3.05) is 6.61 Å². The second-order valence-corrected chi connectivity index (χ2v) is 7.27. The highest BCUT2D eigenvalue weighted by Crippen LogP contribution is 2.30. The van der Waals surface area contributed by atoms with E-state index in [1.165, 1.54) is 0 Å². The zero-order chi connectivity index (χ0) is 21.3. The topological polar surface area (TPSA) is 97.6 Å². The van der Waals surface area contributed by atoms with Gasteiger partial charge in [-0.2, -0.15) is 0 Å². The van der Waals surface area contributed by atoms with E-state index in [1.807, 2.05) is 62.4 Å². The van der Waals surface area contributed by atoms with Crippen LogP contribution in [-0.4, -0.2) is 33.6 Å². The molecule has 8 heteroatoms. The number of urea groups is 1. The van der Waals surface area contributed by atoms with Gasteiger partial charge in [-0.1, -0.05) is 29.8 Å². The molecule has 0 radical (unpaired) electrons. The number of nitrogens with zero attached hydrogens (tertiary/aromatic N) is 3. The first-order valence-electron chi connectivity index (χ1n) is 9.67. The number of carbonyl (C=O) groups excluding carboxylic acids is 2. The Hall–Kier alpha value is -3.68. The summed E-state index contributed by atoms with van der Waals surface area (Å²) >= 11 is 0. The molecular formula is C22H22N4O4. The van der Waals surface area contributed by atoms with Crippen LogP contribution in [0.2, 0.25) is 0 Å². The molecule has 154 valence electrons. The van der Waals surface area contributed by atoms with Gasteiger partial charge in [0.2, 0.25) is 11.8 Å².